The number of H-pyrrole nitrogens is 1. The summed E-state index contributed by atoms with van der Waals surface area (Å²) in [5.74, 6) is 0. The minimum absolute atomic E-state index is 0.768. The summed E-state index contributed by atoms with van der Waals surface area (Å²) in [5, 5.41) is 7.97. The zero-order chi connectivity index (χ0) is 9.97. The first-order chi connectivity index (χ1) is 6.81. The first-order valence-electron chi connectivity index (χ1n) is 4.42. The molecule has 0 aliphatic heterocycles. The number of fused-ring (bicyclic) bond motifs is 1. The van der Waals surface area contributed by atoms with Crippen molar-refractivity contribution in [3.8, 4) is 0 Å². The molecule has 0 atom stereocenters. The van der Waals surface area contributed by atoms with Crippen molar-refractivity contribution < 1.29 is 0 Å². The van der Waals surface area contributed by atoms with Crippen molar-refractivity contribution in [2.45, 2.75) is 6.92 Å². The molecule has 0 saturated heterocycles. The lowest BCUT2D eigenvalue weighted by Gasteiger charge is -1.98. The van der Waals surface area contributed by atoms with Gasteiger partial charge in [0.1, 0.15) is 0 Å². The number of hydrogen-bond acceptors (Lipinski definition) is 2. The Morgan fingerprint density at radius 3 is 3.21 bits per heavy atom. The highest BCUT2D eigenvalue weighted by Crippen LogP contribution is 2.18. The molecule has 0 bridgehead atoms. The number of nitrogens with one attached hydrogen (secondary N) is 1. The van der Waals surface area contributed by atoms with Crippen molar-refractivity contribution in [2.24, 2.45) is 4.99 Å². The second kappa shape index (κ2) is 3.46. The molecular formula is C11H11N3. The lowest BCUT2D eigenvalue weighted by Crippen LogP contribution is -1.79. The average molecular weight is 185 g/mol. The molecule has 0 aliphatic rings. The van der Waals surface area contributed by atoms with Crippen LogP contribution >= 0.6 is 0 Å². The van der Waals surface area contributed by atoms with E-state index in [2.05, 4.69) is 21.8 Å². The molecule has 0 unspecified atom stereocenters. The molecule has 1 N–H and O–H groups in total. The number of rotatable bonds is 2. The van der Waals surface area contributed by atoms with Crippen LogP contribution < -0.4 is 0 Å². The van der Waals surface area contributed by atoms with Crippen LogP contribution in [0.15, 0.2) is 36.0 Å². The summed E-state index contributed by atoms with van der Waals surface area (Å²) in [4.78, 5) is 4.13. The summed E-state index contributed by atoms with van der Waals surface area (Å²) >= 11 is 0. The highest BCUT2D eigenvalue weighted by atomic mass is 15.1. The third-order valence-electron chi connectivity index (χ3n) is 2.06. The predicted octanol–water partition coefficient (Wildman–Crippen LogP) is 2.62. The van der Waals surface area contributed by atoms with Gasteiger partial charge in [-0.25, -0.2) is 0 Å². The van der Waals surface area contributed by atoms with E-state index in [4.69, 9.17) is 0 Å². The first kappa shape index (κ1) is 8.69. The molecule has 3 nitrogen and oxygen atoms in total. The largest absolute Gasteiger partial charge is 0.278 e. The van der Waals surface area contributed by atoms with Crippen LogP contribution in [0.25, 0.3) is 16.6 Å². The number of hydrogen-bond donors (Lipinski definition) is 1. The van der Waals surface area contributed by atoms with Crippen LogP contribution in [0.5, 0.6) is 0 Å². The topological polar surface area (TPSA) is 41.0 Å². The molecule has 0 fully saturated rings. The van der Waals surface area contributed by atoms with Crippen LogP contribution in [0.4, 0.5) is 0 Å². The van der Waals surface area contributed by atoms with Crippen molar-refractivity contribution in [3.63, 3.8) is 0 Å². The fourth-order valence-corrected chi connectivity index (χ4v) is 1.35. The van der Waals surface area contributed by atoms with Crippen molar-refractivity contribution in [1.29, 1.82) is 0 Å². The maximum absolute atomic E-state index is 4.13. The van der Waals surface area contributed by atoms with E-state index < -0.39 is 0 Å². The van der Waals surface area contributed by atoms with Crippen LogP contribution in [-0.2, 0) is 0 Å². The minimum Gasteiger partial charge on any atom is -0.278 e. The van der Waals surface area contributed by atoms with Gasteiger partial charge in [-0.3, -0.25) is 10.1 Å². The van der Waals surface area contributed by atoms with Crippen LogP contribution in [0.3, 0.4) is 0 Å². The van der Waals surface area contributed by atoms with Crippen LogP contribution in [0.2, 0.25) is 0 Å². The fraction of sp³-hybridized carbons (Fsp3) is 0.0909. The van der Waals surface area contributed by atoms with Gasteiger partial charge in [0.2, 0.25) is 0 Å². The lowest BCUT2D eigenvalue weighted by atomic mass is 10.1. The molecule has 2 rings (SSSR count). The van der Waals surface area contributed by atoms with Gasteiger partial charge in [0, 0.05) is 17.2 Å². The maximum atomic E-state index is 4.13. The molecule has 1 aromatic carbocycles. The highest BCUT2D eigenvalue weighted by molar-refractivity contribution is 5.83. The van der Waals surface area contributed by atoms with Gasteiger partial charge >= 0.3 is 0 Å². The predicted molar refractivity (Wildman–Crippen MR) is 59.3 cm³/mol. The van der Waals surface area contributed by atoms with Gasteiger partial charge < -0.3 is 0 Å². The SMILES string of the molecule is C=C(N=CC)c1ccc2cn[nH]c2c1. The lowest BCUT2D eigenvalue weighted by molar-refractivity contribution is 1.12. The second-order valence-electron chi connectivity index (χ2n) is 3.01. The Morgan fingerprint density at radius 1 is 1.57 bits per heavy atom. The van der Waals surface area contributed by atoms with E-state index in [0.29, 0.717) is 0 Å². The van der Waals surface area contributed by atoms with E-state index in [-0.39, 0.29) is 0 Å². The van der Waals surface area contributed by atoms with E-state index in [1.54, 1.807) is 12.4 Å². The summed E-state index contributed by atoms with van der Waals surface area (Å²) in [6.07, 6.45) is 3.53. The Labute approximate surface area is 82.2 Å². The van der Waals surface area contributed by atoms with Crippen molar-refractivity contribution >= 4 is 22.8 Å². The van der Waals surface area contributed by atoms with E-state index >= 15 is 0 Å². The van der Waals surface area contributed by atoms with Gasteiger partial charge in [0.25, 0.3) is 0 Å². The van der Waals surface area contributed by atoms with Gasteiger partial charge in [-0.1, -0.05) is 18.7 Å². The Morgan fingerprint density at radius 2 is 2.43 bits per heavy atom. The number of aromatic nitrogens is 2. The van der Waals surface area contributed by atoms with E-state index in [9.17, 15) is 0 Å². The first-order valence-corrected chi connectivity index (χ1v) is 4.42. The standard InChI is InChI=1S/C11H11N3/c1-3-12-8(2)9-4-5-10-7-13-14-11(10)6-9/h3-7H,2H2,1H3,(H,13,14). The zero-order valence-corrected chi connectivity index (χ0v) is 7.99. The van der Waals surface area contributed by atoms with Crippen molar-refractivity contribution in [3.05, 3.63) is 36.5 Å². The molecule has 0 saturated carbocycles. The smallest absolute Gasteiger partial charge is 0.0657 e. The Hall–Kier alpha value is -1.90. The molecule has 14 heavy (non-hydrogen) atoms. The molecule has 3 heteroatoms. The van der Waals surface area contributed by atoms with Crippen molar-refractivity contribution in [1.82, 2.24) is 10.2 Å². The highest BCUT2D eigenvalue weighted by Gasteiger charge is 1.99. The summed E-state index contributed by atoms with van der Waals surface area (Å²) in [6.45, 7) is 5.75. The number of aliphatic imine (C=N–C) groups is 1. The summed E-state index contributed by atoms with van der Waals surface area (Å²) < 4.78 is 0. The quantitative estimate of drug-likeness (QED) is 0.718. The second-order valence-corrected chi connectivity index (χ2v) is 3.01. The van der Waals surface area contributed by atoms with Gasteiger partial charge in [-0.15, -0.1) is 0 Å². The summed E-state index contributed by atoms with van der Waals surface area (Å²) in [6, 6.07) is 6.00. The minimum atomic E-state index is 0.768. The molecule has 70 valence electrons. The van der Waals surface area contributed by atoms with Gasteiger partial charge in [0.15, 0.2) is 0 Å². The monoisotopic (exact) mass is 185 g/mol. The Kier molecular flexibility index (Phi) is 2.14. The average Bonchev–Trinajstić information content (AvgIpc) is 2.64. The number of aromatic amines is 1. The molecule has 2 aromatic rings. The molecule has 0 spiro atoms. The van der Waals surface area contributed by atoms with Crippen molar-refractivity contribution in [2.75, 3.05) is 0 Å². The van der Waals surface area contributed by atoms with Crippen LogP contribution in [0.1, 0.15) is 12.5 Å². The molecule has 0 radical (unpaired) electrons. The summed E-state index contributed by atoms with van der Waals surface area (Å²) in [5.41, 5.74) is 2.79. The maximum Gasteiger partial charge on any atom is 0.0657 e. The third-order valence-corrected chi connectivity index (χ3v) is 2.06. The Balaban J connectivity index is 2.48. The number of nitrogens with zero attached hydrogens (tertiary/aromatic N) is 2. The molecule has 1 aromatic heterocycles. The van der Waals surface area contributed by atoms with Gasteiger partial charge in [-0.05, 0) is 13.0 Å². The normalized spacial score (nSPS) is 11.2. The van der Waals surface area contributed by atoms with E-state index in [1.165, 1.54) is 0 Å². The van der Waals surface area contributed by atoms with E-state index in [1.807, 2.05) is 25.1 Å². The van der Waals surface area contributed by atoms with E-state index in [0.717, 1.165) is 22.2 Å². The van der Waals surface area contributed by atoms with Gasteiger partial charge in [0.05, 0.1) is 17.4 Å². The zero-order valence-electron chi connectivity index (χ0n) is 7.99. The third kappa shape index (κ3) is 1.44. The molecular weight excluding hydrogens is 174 g/mol. The van der Waals surface area contributed by atoms with Crippen LogP contribution in [-0.4, -0.2) is 16.4 Å². The molecule has 1 heterocycles. The summed E-state index contributed by atoms with van der Waals surface area (Å²) in [7, 11) is 0. The number of benzene rings is 1. The fourth-order valence-electron chi connectivity index (χ4n) is 1.35. The molecule has 0 aliphatic carbocycles. The van der Waals surface area contributed by atoms with Crippen LogP contribution in [0, 0.1) is 0 Å². The Bertz CT molecular complexity index is 494. The van der Waals surface area contributed by atoms with Gasteiger partial charge in [-0.2, -0.15) is 5.10 Å². The molecule has 0 amide bonds.